The number of carbonyl (C=O) groups excluding carboxylic acids is 2. The lowest BCUT2D eigenvalue weighted by molar-refractivity contribution is -0.140. The molecule has 2 amide bonds. The quantitative estimate of drug-likeness (QED) is 0.795. The van der Waals surface area contributed by atoms with Gasteiger partial charge in [-0.1, -0.05) is 0 Å². The van der Waals surface area contributed by atoms with E-state index in [1.54, 1.807) is 16.8 Å². The van der Waals surface area contributed by atoms with Gasteiger partial charge < -0.3 is 19.3 Å². The number of hydrogen-bond acceptors (Lipinski definition) is 4. The minimum Gasteiger partial charge on any atom is -0.444 e. The normalized spacial score (nSPS) is 22.3. The molecular weight excluding hydrogens is 272 g/mol. The molecule has 0 radical (unpaired) electrons. The van der Waals surface area contributed by atoms with E-state index in [0.29, 0.717) is 26.1 Å². The predicted octanol–water partition coefficient (Wildman–Crippen LogP) is 1.88. The third-order valence-corrected chi connectivity index (χ3v) is 3.53. The summed E-state index contributed by atoms with van der Waals surface area (Å²) in [5, 5.41) is 0. The van der Waals surface area contributed by atoms with Gasteiger partial charge in [0.2, 0.25) is 5.91 Å². The maximum atomic E-state index is 12.0. The van der Waals surface area contributed by atoms with Gasteiger partial charge in [-0.2, -0.15) is 0 Å². The van der Waals surface area contributed by atoms with Crippen LogP contribution in [0.1, 0.15) is 41.0 Å². The van der Waals surface area contributed by atoms with Crippen molar-refractivity contribution in [1.29, 1.82) is 0 Å². The second kappa shape index (κ2) is 6.64. The lowest BCUT2D eigenvalue weighted by Gasteiger charge is -2.27. The summed E-state index contributed by atoms with van der Waals surface area (Å²) in [6.45, 7) is 11.1. The lowest BCUT2D eigenvalue weighted by Crippen LogP contribution is -2.41. The van der Waals surface area contributed by atoms with Crippen LogP contribution >= 0.6 is 0 Å². The van der Waals surface area contributed by atoms with Crippen molar-refractivity contribution in [3.63, 3.8) is 0 Å². The van der Waals surface area contributed by atoms with Crippen LogP contribution in [-0.2, 0) is 14.3 Å². The molecule has 1 unspecified atom stereocenters. The van der Waals surface area contributed by atoms with Crippen molar-refractivity contribution < 1.29 is 19.1 Å². The number of nitrogens with zero attached hydrogens (tertiary/aromatic N) is 2. The zero-order chi connectivity index (χ0) is 16.3. The van der Waals surface area contributed by atoms with Gasteiger partial charge in [0.1, 0.15) is 12.2 Å². The van der Waals surface area contributed by atoms with Crippen molar-refractivity contribution in [3.05, 3.63) is 0 Å². The monoisotopic (exact) mass is 300 g/mol. The molecule has 0 spiro atoms. The van der Waals surface area contributed by atoms with Gasteiger partial charge in [0.05, 0.1) is 12.1 Å². The first-order chi connectivity index (χ1) is 9.56. The van der Waals surface area contributed by atoms with Crippen molar-refractivity contribution in [1.82, 2.24) is 9.80 Å². The zero-order valence-electron chi connectivity index (χ0n) is 14.1. The van der Waals surface area contributed by atoms with Crippen molar-refractivity contribution >= 4 is 12.0 Å². The third kappa shape index (κ3) is 5.53. The largest absolute Gasteiger partial charge is 0.444 e. The van der Waals surface area contributed by atoms with E-state index < -0.39 is 11.2 Å². The molecule has 1 aliphatic rings. The van der Waals surface area contributed by atoms with Crippen LogP contribution in [-0.4, -0.2) is 66.3 Å². The highest BCUT2D eigenvalue weighted by molar-refractivity contribution is 5.77. The number of hydrogen-bond donors (Lipinski definition) is 0. The fourth-order valence-corrected chi connectivity index (χ4v) is 2.06. The fraction of sp³-hybridized carbons (Fsp3) is 0.867. The van der Waals surface area contributed by atoms with Crippen LogP contribution in [0.2, 0.25) is 0 Å². The van der Waals surface area contributed by atoms with E-state index >= 15 is 0 Å². The lowest BCUT2D eigenvalue weighted by atomic mass is 10.1. The van der Waals surface area contributed by atoms with Gasteiger partial charge in [-0.25, -0.2) is 4.79 Å². The Morgan fingerprint density at radius 1 is 1.33 bits per heavy atom. The Kier molecular flexibility index (Phi) is 5.61. The Balaban J connectivity index is 2.48. The molecule has 0 saturated carbocycles. The summed E-state index contributed by atoms with van der Waals surface area (Å²) in [4.78, 5) is 27.0. The molecule has 1 aliphatic heterocycles. The molecule has 1 fully saturated rings. The average molecular weight is 300 g/mol. The van der Waals surface area contributed by atoms with Crippen LogP contribution in [0.15, 0.2) is 0 Å². The Labute approximate surface area is 127 Å². The molecular formula is C15H28N2O4. The number of carbonyl (C=O) groups is 2. The van der Waals surface area contributed by atoms with Gasteiger partial charge in [0, 0.05) is 20.1 Å². The van der Waals surface area contributed by atoms with Crippen molar-refractivity contribution in [3.8, 4) is 0 Å². The molecule has 1 rings (SSSR count). The van der Waals surface area contributed by atoms with Crippen LogP contribution in [0, 0.1) is 0 Å². The maximum absolute atomic E-state index is 12.0. The highest BCUT2D eigenvalue weighted by Gasteiger charge is 2.39. The second-order valence-corrected chi connectivity index (χ2v) is 6.80. The molecule has 0 aromatic rings. The van der Waals surface area contributed by atoms with Gasteiger partial charge in [-0.3, -0.25) is 4.79 Å². The van der Waals surface area contributed by atoms with E-state index in [1.165, 1.54) is 0 Å². The molecule has 0 bridgehead atoms. The first-order valence-corrected chi connectivity index (χ1v) is 7.42. The van der Waals surface area contributed by atoms with Crippen LogP contribution in [0.5, 0.6) is 0 Å². The van der Waals surface area contributed by atoms with Gasteiger partial charge in [0.25, 0.3) is 0 Å². The molecule has 122 valence electrons. The van der Waals surface area contributed by atoms with E-state index in [4.69, 9.17) is 9.47 Å². The molecule has 0 aliphatic carbocycles. The highest BCUT2D eigenvalue weighted by Crippen LogP contribution is 2.26. The van der Waals surface area contributed by atoms with Crippen LogP contribution in [0.25, 0.3) is 0 Å². The molecule has 6 heteroatoms. The van der Waals surface area contributed by atoms with Gasteiger partial charge in [-0.15, -0.1) is 0 Å². The number of amides is 2. The fourth-order valence-electron chi connectivity index (χ4n) is 2.06. The van der Waals surface area contributed by atoms with Crippen molar-refractivity contribution in [2.24, 2.45) is 0 Å². The van der Waals surface area contributed by atoms with Crippen LogP contribution in [0.3, 0.4) is 0 Å². The number of likely N-dealkylation sites (tertiary alicyclic amines) is 1. The number of rotatable bonds is 4. The van der Waals surface area contributed by atoms with E-state index in [2.05, 4.69) is 0 Å². The molecule has 1 heterocycles. The minimum absolute atomic E-state index is 0.0446. The molecule has 0 aromatic carbocycles. The first kappa shape index (κ1) is 17.8. The summed E-state index contributed by atoms with van der Waals surface area (Å²) in [6, 6.07) is 0. The number of likely N-dealkylation sites (N-methyl/N-ethyl adjacent to an activating group) is 1. The van der Waals surface area contributed by atoms with Gasteiger partial charge in [-0.05, 0) is 41.0 Å². The van der Waals surface area contributed by atoms with E-state index in [1.807, 2.05) is 34.6 Å². The van der Waals surface area contributed by atoms with Crippen molar-refractivity contribution in [2.75, 3.05) is 33.3 Å². The van der Waals surface area contributed by atoms with E-state index in [-0.39, 0.29) is 18.6 Å². The Morgan fingerprint density at radius 3 is 2.48 bits per heavy atom. The summed E-state index contributed by atoms with van der Waals surface area (Å²) in [5.74, 6) is -0.0468. The molecule has 21 heavy (non-hydrogen) atoms. The smallest absolute Gasteiger partial charge is 0.410 e. The Morgan fingerprint density at radius 2 is 1.95 bits per heavy atom. The van der Waals surface area contributed by atoms with Crippen molar-refractivity contribution in [2.45, 2.75) is 52.2 Å². The Hall–Kier alpha value is -1.30. The standard InChI is InChI=1S/C15H28N2O4/c1-7-16(6)12(18)10-20-15(5)8-9-17(11-15)13(19)21-14(2,3)4/h7-11H2,1-6H3. The maximum Gasteiger partial charge on any atom is 0.410 e. The van der Waals surface area contributed by atoms with E-state index in [9.17, 15) is 9.59 Å². The SMILES string of the molecule is CCN(C)C(=O)COC1(C)CCN(C(=O)OC(C)(C)C)C1. The number of ether oxygens (including phenoxy) is 2. The van der Waals surface area contributed by atoms with Crippen LogP contribution < -0.4 is 0 Å². The van der Waals surface area contributed by atoms with E-state index in [0.717, 1.165) is 0 Å². The summed E-state index contributed by atoms with van der Waals surface area (Å²) in [5.41, 5.74) is -0.988. The molecule has 1 saturated heterocycles. The third-order valence-electron chi connectivity index (χ3n) is 3.53. The Bertz CT molecular complexity index is 392. The van der Waals surface area contributed by atoms with Crippen LogP contribution in [0.4, 0.5) is 4.79 Å². The minimum atomic E-state index is -0.503. The molecule has 0 aromatic heterocycles. The summed E-state index contributed by atoms with van der Waals surface area (Å²) >= 11 is 0. The summed E-state index contributed by atoms with van der Waals surface area (Å²) < 4.78 is 11.1. The first-order valence-electron chi connectivity index (χ1n) is 7.42. The molecule has 0 N–H and O–H groups in total. The average Bonchev–Trinajstić information content (AvgIpc) is 2.76. The van der Waals surface area contributed by atoms with Gasteiger partial charge in [0.15, 0.2) is 0 Å². The highest BCUT2D eigenvalue weighted by atomic mass is 16.6. The predicted molar refractivity (Wildman–Crippen MR) is 80.1 cm³/mol. The summed E-state index contributed by atoms with van der Waals surface area (Å²) in [7, 11) is 1.75. The topological polar surface area (TPSA) is 59.1 Å². The second-order valence-electron chi connectivity index (χ2n) is 6.80. The summed E-state index contributed by atoms with van der Waals surface area (Å²) in [6.07, 6.45) is 0.377. The molecule has 1 atom stereocenters. The zero-order valence-corrected chi connectivity index (χ0v) is 14.1. The van der Waals surface area contributed by atoms with Gasteiger partial charge >= 0.3 is 6.09 Å². The molecule has 6 nitrogen and oxygen atoms in total.